The van der Waals surface area contributed by atoms with Crippen molar-refractivity contribution in [2.45, 2.75) is 13.0 Å². The zero-order valence-corrected chi connectivity index (χ0v) is 13.9. The zero-order chi connectivity index (χ0) is 14.9. The molecular weight excluding hydrogens is 338 g/mol. The smallest absolute Gasteiger partial charge is 0.253 e. The molecule has 0 saturated heterocycles. The normalized spacial score (nSPS) is 18.4. The molecule has 0 unspecified atom stereocenters. The summed E-state index contributed by atoms with van der Waals surface area (Å²) in [5, 5.41) is 6.72. The van der Waals surface area contributed by atoms with Crippen molar-refractivity contribution >= 4 is 39.2 Å². The van der Waals surface area contributed by atoms with Gasteiger partial charge in [0.1, 0.15) is 0 Å². The van der Waals surface area contributed by atoms with Gasteiger partial charge in [0.05, 0.1) is 11.6 Å². The Morgan fingerprint density at radius 3 is 2.45 bits per heavy atom. The van der Waals surface area contributed by atoms with Crippen molar-refractivity contribution in [3.63, 3.8) is 0 Å². The SMILES string of the molecule is CC1=C(C(=O)N(C)C)[C@H](c2ccc(Br)cc2)NC(=S)N1. The van der Waals surface area contributed by atoms with Gasteiger partial charge in [0.15, 0.2) is 5.11 Å². The summed E-state index contributed by atoms with van der Waals surface area (Å²) < 4.78 is 0.999. The van der Waals surface area contributed by atoms with E-state index >= 15 is 0 Å². The standard InChI is InChI=1S/C14H16BrN3OS/c1-8-11(13(19)18(2)3)12(17-14(20)16-8)9-4-6-10(15)7-5-9/h4-7,12H,1-3H3,(H2,16,17,20)/t12-/m0/s1. The number of hydrogen-bond acceptors (Lipinski definition) is 2. The van der Waals surface area contributed by atoms with Gasteiger partial charge in [-0.15, -0.1) is 0 Å². The highest BCUT2D eigenvalue weighted by atomic mass is 79.9. The predicted octanol–water partition coefficient (Wildman–Crippen LogP) is 2.33. The van der Waals surface area contributed by atoms with Crippen LogP contribution in [0.5, 0.6) is 0 Å². The minimum Gasteiger partial charge on any atom is -0.351 e. The Labute approximate surface area is 132 Å². The van der Waals surface area contributed by atoms with Gasteiger partial charge in [-0.05, 0) is 36.8 Å². The molecule has 1 aliphatic heterocycles. The minimum absolute atomic E-state index is 0.0297. The van der Waals surface area contributed by atoms with Gasteiger partial charge in [-0.2, -0.15) is 0 Å². The van der Waals surface area contributed by atoms with E-state index in [-0.39, 0.29) is 11.9 Å². The molecule has 2 rings (SSSR count). The van der Waals surface area contributed by atoms with Crippen LogP contribution in [0.4, 0.5) is 0 Å². The van der Waals surface area contributed by atoms with E-state index < -0.39 is 0 Å². The molecule has 1 atom stereocenters. The molecule has 0 spiro atoms. The summed E-state index contributed by atoms with van der Waals surface area (Å²) in [5.41, 5.74) is 2.48. The van der Waals surface area contributed by atoms with Crippen LogP contribution < -0.4 is 10.6 Å². The number of nitrogens with zero attached hydrogens (tertiary/aromatic N) is 1. The van der Waals surface area contributed by atoms with E-state index in [9.17, 15) is 4.79 Å². The molecule has 1 amide bonds. The van der Waals surface area contributed by atoms with E-state index in [4.69, 9.17) is 12.2 Å². The van der Waals surface area contributed by atoms with Crippen LogP contribution in [0.25, 0.3) is 0 Å². The molecule has 0 radical (unpaired) electrons. The van der Waals surface area contributed by atoms with Gasteiger partial charge in [-0.3, -0.25) is 4.79 Å². The fourth-order valence-electron chi connectivity index (χ4n) is 2.12. The Morgan fingerprint density at radius 2 is 1.90 bits per heavy atom. The van der Waals surface area contributed by atoms with Crippen LogP contribution in [0, 0.1) is 0 Å². The lowest BCUT2D eigenvalue weighted by Crippen LogP contribution is -2.46. The van der Waals surface area contributed by atoms with Crippen molar-refractivity contribution < 1.29 is 4.79 Å². The maximum Gasteiger partial charge on any atom is 0.253 e. The van der Waals surface area contributed by atoms with E-state index in [1.165, 1.54) is 0 Å². The first-order valence-corrected chi connectivity index (χ1v) is 7.35. The molecule has 1 heterocycles. The van der Waals surface area contributed by atoms with Crippen LogP contribution in [0.2, 0.25) is 0 Å². The number of halogens is 1. The first kappa shape index (κ1) is 15.0. The van der Waals surface area contributed by atoms with Gasteiger partial charge < -0.3 is 15.5 Å². The van der Waals surface area contributed by atoms with Gasteiger partial charge >= 0.3 is 0 Å². The van der Waals surface area contributed by atoms with Crippen molar-refractivity contribution in [3.8, 4) is 0 Å². The number of nitrogens with one attached hydrogen (secondary N) is 2. The fourth-order valence-corrected chi connectivity index (χ4v) is 2.66. The molecule has 1 aliphatic rings. The second-order valence-electron chi connectivity index (χ2n) is 4.82. The minimum atomic E-state index is -0.230. The van der Waals surface area contributed by atoms with Crippen LogP contribution >= 0.6 is 28.1 Å². The zero-order valence-electron chi connectivity index (χ0n) is 11.5. The highest BCUT2D eigenvalue weighted by Crippen LogP contribution is 2.28. The number of thiocarbonyl (C=S) groups is 1. The molecule has 2 N–H and O–H groups in total. The molecule has 4 nitrogen and oxygen atoms in total. The third kappa shape index (κ3) is 3.02. The number of benzene rings is 1. The van der Waals surface area contributed by atoms with Crippen molar-refractivity contribution in [2.24, 2.45) is 0 Å². The maximum absolute atomic E-state index is 12.4. The Hall–Kier alpha value is -1.40. The first-order valence-electron chi connectivity index (χ1n) is 6.15. The molecule has 0 saturated carbocycles. The highest BCUT2D eigenvalue weighted by Gasteiger charge is 2.30. The Bertz CT molecular complexity index is 581. The quantitative estimate of drug-likeness (QED) is 0.801. The number of carbonyl (C=O) groups excluding carboxylic acids is 1. The third-order valence-electron chi connectivity index (χ3n) is 3.11. The highest BCUT2D eigenvalue weighted by molar-refractivity contribution is 9.10. The summed E-state index contributed by atoms with van der Waals surface area (Å²) >= 11 is 8.61. The van der Waals surface area contributed by atoms with Gasteiger partial charge in [-0.1, -0.05) is 28.1 Å². The van der Waals surface area contributed by atoms with Gasteiger partial charge in [0.25, 0.3) is 5.91 Å². The largest absolute Gasteiger partial charge is 0.351 e. The molecule has 0 aliphatic carbocycles. The van der Waals surface area contributed by atoms with Gasteiger partial charge in [0.2, 0.25) is 0 Å². The third-order valence-corrected chi connectivity index (χ3v) is 3.86. The number of allylic oxidation sites excluding steroid dienone is 1. The van der Waals surface area contributed by atoms with E-state index in [0.29, 0.717) is 10.7 Å². The number of hydrogen-bond donors (Lipinski definition) is 2. The summed E-state index contributed by atoms with van der Waals surface area (Å²) in [6.07, 6.45) is 0. The number of likely N-dealkylation sites (N-methyl/N-ethyl adjacent to an activating group) is 1. The summed E-state index contributed by atoms with van der Waals surface area (Å²) in [7, 11) is 3.49. The first-order chi connectivity index (χ1) is 9.40. The van der Waals surface area contributed by atoms with Crippen molar-refractivity contribution in [1.82, 2.24) is 15.5 Å². The van der Waals surface area contributed by atoms with Crippen LogP contribution in [0.1, 0.15) is 18.5 Å². The summed E-state index contributed by atoms with van der Waals surface area (Å²) in [5.74, 6) is -0.0297. The molecule has 0 bridgehead atoms. The molecular formula is C14H16BrN3OS. The average Bonchev–Trinajstić information content (AvgIpc) is 2.38. The monoisotopic (exact) mass is 353 g/mol. The molecule has 20 heavy (non-hydrogen) atoms. The van der Waals surface area contributed by atoms with Crippen LogP contribution in [0.3, 0.4) is 0 Å². The van der Waals surface area contributed by atoms with E-state index in [0.717, 1.165) is 15.7 Å². The number of carbonyl (C=O) groups is 1. The second kappa shape index (κ2) is 5.93. The molecule has 6 heteroatoms. The Kier molecular flexibility index (Phi) is 4.45. The lowest BCUT2D eigenvalue weighted by molar-refractivity contribution is -0.125. The molecule has 1 aromatic carbocycles. The Morgan fingerprint density at radius 1 is 1.30 bits per heavy atom. The molecule has 0 fully saturated rings. The van der Waals surface area contributed by atoms with Crippen molar-refractivity contribution in [1.29, 1.82) is 0 Å². The average molecular weight is 354 g/mol. The number of rotatable bonds is 2. The second-order valence-corrected chi connectivity index (χ2v) is 6.15. The van der Waals surface area contributed by atoms with E-state index in [2.05, 4.69) is 26.6 Å². The van der Waals surface area contributed by atoms with Crippen LogP contribution in [-0.2, 0) is 4.79 Å². The molecule has 106 valence electrons. The van der Waals surface area contributed by atoms with Crippen molar-refractivity contribution in [3.05, 3.63) is 45.6 Å². The summed E-state index contributed by atoms with van der Waals surface area (Å²) in [6, 6.07) is 7.63. The fraction of sp³-hybridized carbons (Fsp3) is 0.286. The van der Waals surface area contributed by atoms with Crippen LogP contribution in [-0.4, -0.2) is 30.0 Å². The number of amides is 1. The molecule has 1 aromatic rings. The maximum atomic E-state index is 12.4. The van der Waals surface area contributed by atoms with Crippen LogP contribution in [0.15, 0.2) is 40.0 Å². The van der Waals surface area contributed by atoms with Gasteiger partial charge in [0, 0.05) is 24.3 Å². The predicted molar refractivity (Wildman–Crippen MR) is 87.1 cm³/mol. The summed E-state index contributed by atoms with van der Waals surface area (Å²) in [4.78, 5) is 14.0. The Balaban J connectivity index is 2.47. The summed E-state index contributed by atoms with van der Waals surface area (Å²) in [6.45, 7) is 1.87. The molecule has 0 aromatic heterocycles. The van der Waals surface area contributed by atoms with E-state index in [1.807, 2.05) is 31.2 Å². The topological polar surface area (TPSA) is 44.4 Å². The lowest BCUT2D eigenvalue weighted by Gasteiger charge is -2.31. The van der Waals surface area contributed by atoms with Gasteiger partial charge in [-0.25, -0.2) is 0 Å². The lowest BCUT2D eigenvalue weighted by atomic mass is 9.95. The van der Waals surface area contributed by atoms with E-state index in [1.54, 1.807) is 19.0 Å². The van der Waals surface area contributed by atoms with Crippen molar-refractivity contribution in [2.75, 3.05) is 14.1 Å².